The molecule has 0 saturated carbocycles. The number of anilines is 1. The Morgan fingerprint density at radius 3 is 2.62 bits per heavy atom. The molecule has 1 aromatic carbocycles. The molecule has 0 aromatic heterocycles. The summed E-state index contributed by atoms with van der Waals surface area (Å²) >= 11 is 0. The minimum absolute atomic E-state index is 0.264. The van der Waals surface area contributed by atoms with Crippen molar-refractivity contribution in [3.05, 3.63) is 29.6 Å². The molecule has 0 spiro atoms. The van der Waals surface area contributed by atoms with Crippen LogP contribution in [0.15, 0.2) is 18.2 Å². The first-order valence-corrected chi connectivity index (χ1v) is 5.53. The Hall–Kier alpha value is -1.13. The number of rotatable bonds is 2. The molecule has 1 saturated heterocycles. The summed E-state index contributed by atoms with van der Waals surface area (Å²) in [5.41, 5.74) is 0.849. The van der Waals surface area contributed by atoms with Crippen molar-refractivity contribution < 1.29 is 14.6 Å². The first-order chi connectivity index (χ1) is 7.72. The molecule has 2 N–H and O–H groups in total. The summed E-state index contributed by atoms with van der Waals surface area (Å²) in [5.74, 6) is -0.346. The first-order valence-electron chi connectivity index (χ1n) is 5.53. The maximum atomic E-state index is 13.9. The van der Waals surface area contributed by atoms with Crippen LogP contribution in [0.3, 0.4) is 0 Å². The van der Waals surface area contributed by atoms with Gasteiger partial charge in [-0.05, 0) is 18.9 Å². The molecule has 1 aliphatic rings. The average molecular weight is 225 g/mol. The Morgan fingerprint density at radius 1 is 1.31 bits per heavy atom. The average Bonchev–Trinajstić information content (AvgIpc) is 2.31. The topological polar surface area (TPSA) is 43.7 Å². The lowest BCUT2D eigenvalue weighted by molar-refractivity contribution is 0.145. The van der Waals surface area contributed by atoms with Gasteiger partial charge in [0.2, 0.25) is 0 Å². The van der Waals surface area contributed by atoms with Crippen LogP contribution in [0.4, 0.5) is 10.1 Å². The SMILES string of the molecule is OCc1cccc(N2CCC(O)CC2)c1F. The van der Waals surface area contributed by atoms with Gasteiger partial charge in [-0.2, -0.15) is 0 Å². The van der Waals surface area contributed by atoms with Crippen molar-refractivity contribution in [1.29, 1.82) is 0 Å². The minimum Gasteiger partial charge on any atom is -0.393 e. The Bertz CT molecular complexity index is 362. The number of aliphatic hydroxyl groups is 2. The van der Waals surface area contributed by atoms with Crippen molar-refractivity contribution >= 4 is 5.69 Å². The van der Waals surface area contributed by atoms with E-state index in [1.165, 1.54) is 0 Å². The van der Waals surface area contributed by atoms with E-state index in [0.29, 0.717) is 37.2 Å². The van der Waals surface area contributed by atoms with Crippen LogP contribution in [0, 0.1) is 5.82 Å². The van der Waals surface area contributed by atoms with E-state index in [-0.39, 0.29) is 18.5 Å². The third-order valence-electron chi connectivity index (χ3n) is 3.03. The summed E-state index contributed by atoms with van der Waals surface area (Å²) in [5, 5.41) is 18.4. The fourth-order valence-corrected chi connectivity index (χ4v) is 2.04. The molecular formula is C12H16FNO2. The minimum atomic E-state index is -0.346. The van der Waals surface area contributed by atoms with E-state index >= 15 is 0 Å². The lowest BCUT2D eigenvalue weighted by Crippen LogP contribution is -2.36. The molecule has 0 aliphatic carbocycles. The van der Waals surface area contributed by atoms with Gasteiger partial charge in [0.15, 0.2) is 5.82 Å². The Labute approximate surface area is 94.1 Å². The molecule has 16 heavy (non-hydrogen) atoms. The van der Waals surface area contributed by atoms with Crippen molar-refractivity contribution in [2.45, 2.75) is 25.6 Å². The van der Waals surface area contributed by atoms with Gasteiger partial charge < -0.3 is 15.1 Å². The Balaban J connectivity index is 2.20. The van der Waals surface area contributed by atoms with E-state index in [9.17, 15) is 9.50 Å². The number of halogens is 1. The van der Waals surface area contributed by atoms with Crippen LogP contribution in [0.5, 0.6) is 0 Å². The van der Waals surface area contributed by atoms with Crippen molar-refractivity contribution in [3.8, 4) is 0 Å². The normalized spacial score (nSPS) is 17.8. The zero-order chi connectivity index (χ0) is 11.5. The molecule has 4 heteroatoms. The van der Waals surface area contributed by atoms with Crippen molar-refractivity contribution in [2.24, 2.45) is 0 Å². The number of hydrogen-bond acceptors (Lipinski definition) is 3. The third kappa shape index (κ3) is 2.18. The lowest BCUT2D eigenvalue weighted by Gasteiger charge is -2.32. The highest BCUT2D eigenvalue weighted by atomic mass is 19.1. The van der Waals surface area contributed by atoms with Gasteiger partial charge in [-0.25, -0.2) is 4.39 Å². The Morgan fingerprint density at radius 2 is 2.00 bits per heavy atom. The van der Waals surface area contributed by atoms with E-state index in [1.54, 1.807) is 18.2 Å². The van der Waals surface area contributed by atoms with Crippen LogP contribution in [0.2, 0.25) is 0 Å². The largest absolute Gasteiger partial charge is 0.393 e. The number of aliphatic hydroxyl groups excluding tert-OH is 2. The highest BCUT2D eigenvalue weighted by Crippen LogP contribution is 2.25. The molecule has 88 valence electrons. The molecule has 0 atom stereocenters. The summed E-state index contributed by atoms with van der Waals surface area (Å²) in [6.45, 7) is 1.04. The molecule has 0 radical (unpaired) electrons. The maximum absolute atomic E-state index is 13.9. The van der Waals surface area contributed by atoms with Crippen molar-refractivity contribution in [3.63, 3.8) is 0 Å². The molecule has 0 unspecified atom stereocenters. The van der Waals surface area contributed by atoms with E-state index in [1.807, 2.05) is 4.90 Å². The quantitative estimate of drug-likeness (QED) is 0.797. The molecule has 0 amide bonds. The van der Waals surface area contributed by atoms with Gasteiger partial charge in [-0.1, -0.05) is 12.1 Å². The second kappa shape index (κ2) is 4.80. The standard InChI is InChI=1S/C12H16FNO2/c13-12-9(8-15)2-1-3-11(12)14-6-4-10(16)5-7-14/h1-3,10,15-16H,4-8H2. The van der Waals surface area contributed by atoms with Gasteiger partial charge in [0.05, 0.1) is 18.4 Å². The Kier molecular flexibility index (Phi) is 3.41. The molecule has 1 aliphatic heterocycles. The van der Waals surface area contributed by atoms with E-state index in [2.05, 4.69) is 0 Å². The van der Waals surface area contributed by atoms with E-state index in [0.717, 1.165) is 0 Å². The lowest BCUT2D eigenvalue weighted by atomic mass is 10.1. The van der Waals surface area contributed by atoms with Crippen LogP contribution in [0.1, 0.15) is 18.4 Å². The zero-order valence-corrected chi connectivity index (χ0v) is 9.06. The number of hydrogen-bond donors (Lipinski definition) is 2. The third-order valence-corrected chi connectivity index (χ3v) is 3.03. The number of benzene rings is 1. The summed E-state index contributed by atoms with van der Waals surface area (Å²) in [6, 6.07) is 5.04. The molecule has 0 bridgehead atoms. The predicted octanol–water partition coefficient (Wildman–Crippen LogP) is 1.28. The van der Waals surface area contributed by atoms with Gasteiger partial charge in [0, 0.05) is 18.7 Å². The highest BCUT2D eigenvalue weighted by molar-refractivity contribution is 5.50. The maximum Gasteiger partial charge on any atom is 0.151 e. The van der Waals surface area contributed by atoms with Gasteiger partial charge >= 0.3 is 0 Å². The summed E-state index contributed by atoms with van der Waals surface area (Å²) < 4.78 is 13.9. The smallest absolute Gasteiger partial charge is 0.151 e. The monoisotopic (exact) mass is 225 g/mol. The highest BCUT2D eigenvalue weighted by Gasteiger charge is 2.20. The van der Waals surface area contributed by atoms with Crippen LogP contribution in [0.25, 0.3) is 0 Å². The van der Waals surface area contributed by atoms with Gasteiger partial charge in [0.25, 0.3) is 0 Å². The van der Waals surface area contributed by atoms with Gasteiger partial charge in [0.1, 0.15) is 0 Å². The van der Waals surface area contributed by atoms with Gasteiger partial charge in [-0.15, -0.1) is 0 Å². The molecule has 1 aromatic rings. The molecule has 2 rings (SSSR count). The van der Waals surface area contributed by atoms with Crippen LogP contribution < -0.4 is 4.90 Å². The fraction of sp³-hybridized carbons (Fsp3) is 0.500. The van der Waals surface area contributed by atoms with Gasteiger partial charge in [-0.3, -0.25) is 0 Å². The van der Waals surface area contributed by atoms with Crippen LogP contribution >= 0.6 is 0 Å². The fourth-order valence-electron chi connectivity index (χ4n) is 2.04. The second-order valence-corrected chi connectivity index (χ2v) is 4.13. The van der Waals surface area contributed by atoms with E-state index < -0.39 is 0 Å². The molecular weight excluding hydrogens is 209 g/mol. The molecule has 3 nitrogen and oxygen atoms in total. The summed E-state index contributed by atoms with van der Waals surface area (Å²) in [7, 11) is 0. The number of piperidine rings is 1. The predicted molar refractivity (Wildman–Crippen MR) is 59.8 cm³/mol. The number of nitrogens with zero attached hydrogens (tertiary/aromatic N) is 1. The van der Waals surface area contributed by atoms with E-state index in [4.69, 9.17) is 5.11 Å². The molecule has 1 fully saturated rings. The van der Waals surface area contributed by atoms with Crippen LogP contribution in [-0.4, -0.2) is 29.4 Å². The summed E-state index contributed by atoms with van der Waals surface area (Å²) in [4.78, 5) is 1.92. The van der Waals surface area contributed by atoms with Crippen molar-refractivity contribution in [1.82, 2.24) is 0 Å². The molecule has 1 heterocycles. The van der Waals surface area contributed by atoms with Crippen LogP contribution in [-0.2, 0) is 6.61 Å². The summed E-state index contributed by atoms with van der Waals surface area (Å²) in [6.07, 6.45) is 1.08. The first kappa shape index (κ1) is 11.4. The van der Waals surface area contributed by atoms with Crippen molar-refractivity contribution in [2.75, 3.05) is 18.0 Å². The zero-order valence-electron chi connectivity index (χ0n) is 9.06. The second-order valence-electron chi connectivity index (χ2n) is 4.13.